The predicted molar refractivity (Wildman–Crippen MR) is 78.2 cm³/mol. The molecule has 0 saturated carbocycles. The molecule has 7 heteroatoms. The van der Waals surface area contributed by atoms with Gasteiger partial charge in [0.25, 0.3) is 0 Å². The highest BCUT2D eigenvalue weighted by Gasteiger charge is 2.09. The Morgan fingerprint density at radius 3 is 2.84 bits per heavy atom. The van der Waals surface area contributed by atoms with Gasteiger partial charge in [0.2, 0.25) is 0 Å². The first kappa shape index (κ1) is 15.3. The molecule has 0 aromatic carbocycles. The molecule has 0 fully saturated rings. The SMILES string of the molecule is Cc1ncc(CO)c(/C=N/NC(=S)NC(C)C)c1O. The van der Waals surface area contributed by atoms with Crippen LogP contribution in [0.4, 0.5) is 0 Å². The Labute approximate surface area is 117 Å². The highest BCUT2D eigenvalue weighted by molar-refractivity contribution is 7.80. The van der Waals surface area contributed by atoms with Gasteiger partial charge in [-0.2, -0.15) is 5.10 Å². The third kappa shape index (κ3) is 4.46. The largest absolute Gasteiger partial charge is 0.505 e. The van der Waals surface area contributed by atoms with Crippen molar-refractivity contribution in [3.05, 3.63) is 23.0 Å². The molecule has 0 amide bonds. The molecular weight excluding hydrogens is 264 g/mol. The Hall–Kier alpha value is -1.73. The van der Waals surface area contributed by atoms with Crippen LogP contribution in [-0.2, 0) is 6.61 Å². The van der Waals surface area contributed by atoms with Gasteiger partial charge in [0.15, 0.2) is 5.11 Å². The summed E-state index contributed by atoms with van der Waals surface area (Å²) in [6.07, 6.45) is 2.91. The number of thiocarbonyl (C=S) groups is 1. The van der Waals surface area contributed by atoms with Crippen LogP contribution in [0.15, 0.2) is 11.3 Å². The third-order valence-corrected chi connectivity index (χ3v) is 2.52. The zero-order valence-corrected chi connectivity index (χ0v) is 12.0. The maximum atomic E-state index is 9.88. The number of aliphatic hydroxyl groups is 1. The topological polar surface area (TPSA) is 89.8 Å². The van der Waals surface area contributed by atoms with E-state index < -0.39 is 0 Å². The van der Waals surface area contributed by atoms with Crippen LogP contribution in [0.1, 0.15) is 30.7 Å². The van der Waals surface area contributed by atoms with Crippen molar-refractivity contribution in [1.82, 2.24) is 15.7 Å². The second kappa shape index (κ2) is 7.01. The first-order valence-corrected chi connectivity index (χ1v) is 6.24. The van der Waals surface area contributed by atoms with Gasteiger partial charge >= 0.3 is 0 Å². The molecule has 0 unspecified atom stereocenters. The van der Waals surface area contributed by atoms with Crippen LogP contribution in [0.25, 0.3) is 0 Å². The van der Waals surface area contributed by atoms with Crippen LogP contribution in [-0.4, -0.2) is 32.6 Å². The van der Waals surface area contributed by atoms with Gasteiger partial charge in [-0.1, -0.05) is 0 Å². The maximum Gasteiger partial charge on any atom is 0.187 e. The van der Waals surface area contributed by atoms with Gasteiger partial charge in [-0.15, -0.1) is 0 Å². The van der Waals surface area contributed by atoms with E-state index in [2.05, 4.69) is 20.8 Å². The quantitative estimate of drug-likeness (QED) is 0.371. The van der Waals surface area contributed by atoms with E-state index in [0.29, 0.717) is 21.9 Å². The molecule has 1 aromatic rings. The summed E-state index contributed by atoms with van der Waals surface area (Å²) in [6.45, 7) is 5.36. The molecule has 19 heavy (non-hydrogen) atoms. The summed E-state index contributed by atoms with van der Waals surface area (Å²) in [5, 5.41) is 26.4. The maximum absolute atomic E-state index is 9.88. The molecule has 104 valence electrons. The molecule has 0 aliphatic heterocycles. The molecule has 1 aromatic heterocycles. The minimum Gasteiger partial charge on any atom is -0.505 e. The number of pyridine rings is 1. The monoisotopic (exact) mass is 282 g/mol. The van der Waals surface area contributed by atoms with Crippen LogP contribution in [0, 0.1) is 6.92 Å². The van der Waals surface area contributed by atoms with Gasteiger partial charge in [0.1, 0.15) is 5.75 Å². The van der Waals surface area contributed by atoms with Crippen molar-refractivity contribution in [1.29, 1.82) is 0 Å². The number of nitrogens with one attached hydrogen (secondary N) is 2. The van der Waals surface area contributed by atoms with E-state index in [1.807, 2.05) is 13.8 Å². The fourth-order valence-electron chi connectivity index (χ4n) is 1.37. The van der Waals surface area contributed by atoms with Crippen LogP contribution in [0.2, 0.25) is 0 Å². The second-order valence-corrected chi connectivity index (χ2v) is 4.70. The Bertz CT molecular complexity index is 489. The standard InChI is InChI=1S/C12H18N4O2S/c1-7(2)15-12(19)16-14-5-10-9(6-17)4-13-8(3)11(10)18/h4-5,7,17-18H,6H2,1-3H3,(H2,15,16,19)/b14-5+. The third-order valence-electron chi connectivity index (χ3n) is 2.31. The Morgan fingerprint density at radius 2 is 2.26 bits per heavy atom. The molecule has 1 rings (SSSR count). The average Bonchev–Trinajstić information content (AvgIpc) is 2.34. The molecule has 0 spiro atoms. The average molecular weight is 282 g/mol. The second-order valence-electron chi connectivity index (χ2n) is 4.29. The van der Waals surface area contributed by atoms with Crippen LogP contribution < -0.4 is 10.7 Å². The minimum atomic E-state index is -0.225. The summed E-state index contributed by atoms with van der Waals surface area (Å²) in [6, 6.07) is 0.208. The number of aryl methyl sites for hydroxylation is 1. The fraction of sp³-hybridized carbons (Fsp3) is 0.417. The number of aliphatic hydroxyl groups excluding tert-OH is 1. The van der Waals surface area contributed by atoms with E-state index in [1.165, 1.54) is 12.4 Å². The van der Waals surface area contributed by atoms with Gasteiger partial charge in [-0.3, -0.25) is 10.4 Å². The van der Waals surface area contributed by atoms with Crippen LogP contribution in [0.5, 0.6) is 5.75 Å². The summed E-state index contributed by atoms with van der Waals surface area (Å²) in [5.41, 5.74) is 4.03. The number of rotatable bonds is 4. The highest BCUT2D eigenvalue weighted by atomic mass is 32.1. The molecule has 6 nitrogen and oxygen atoms in total. The van der Waals surface area contributed by atoms with E-state index in [1.54, 1.807) is 6.92 Å². The molecule has 0 aliphatic rings. The fourth-order valence-corrected chi connectivity index (χ4v) is 1.66. The zero-order valence-electron chi connectivity index (χ0n) is 11.1. The molecule has 1 heterocycles. The molecule has 0 aliphatic carbocycles. The lowest BCUT2D eigenvalue weighted by Crippen LogP contribution is -2.36. The number of aromatic hydroxyl groups is 1. The van der Waals surface area contributed by atoms with Crippen molar-refractivity contribution < 1.29 is 10.2 Å². The summed E-state index contributed by atoms with van der Waals surface area (Å²) < 4.78 is 0. The lowest BCUT2D eigenvalue weighted by atomic mass is 10.1. The molecule has 4 N–H and O–H groups in total. The number of hydrogen-bond donors (Lipinski definition) is 4. The molecule has 0 bridgehead atoms. The van der Waals surface area contributed by atoms with Gasteiger partial charge in [0.05, 0.1) is 18.5 Å². The Kier molecular flexibility index (Phi) is 5.65. The predicted octanol–water partition coefficient (Wildman–Crippen LogP) is 0.794. The molecular formula is C12H18N4O2S. The highest BCUT2D eigenvalue weighted by Crippen LogP contribution is 2.21. The van der Waals surface area contributed by atoms with E-state index in [4.69, 9.17) is 12.2 Å². The smallest absolute Gasteiger partial charge is 0.187 e. The van der Waals surface area contributed by atoms with Crippen molar-refractivity contribution in [2.75, 3.05) is 0 Å². The number of hydrogen-bond acceptors (Lipinski definition) is 5. The minimum absolute atomic E-state index is 0.000151. The first-order valence-electron chi connectivity index (χ1n) is 5.83. The van der Waals surface area contributed by atoms with Crippen molar-refractivity contribution in [2.24, 2.45) is 5.10 Å². The van der Waals surface area contributed by atoms with Gasteiger partial charge in [-0.05, 0) is 33.0 Å². The van der Waals surface area contributed by atoms with Crippen molar-refractivity contribution >= 4 is 23.5 Å². The summed E-state index contributed by atoms with van der Waals surface area (Å²) in [5.74, 6) is -0.000151. The summed E-state index contributed by atoms with van der Waals surface area (Å²) in [7, 11) is 0. The number of hydrazone groups is 1. The van der Waals surface area contributed by atoms with E-state index in [-0.39, 0.29) is 18.4 Å². The van der Waals surface area contributed by atoms with E-state index >= 15 is 0 Å². The van der Waals surface area contributed by atoms with Crippen LogP contribution in [0.3, 0.4) is 0 Å². The van der Waals surface area contributed by atoms with Gasteiger partial charge < -0.3 is 15.5 Å². The van der Waals surface area contributed by atoms with Gasteiger partial charge in [0, 0.05) is 23.4 Å². The normalized spacial score (nSPS) is 11.0. The van der Waals surface area contributed by atoms with E-state index in [0.717, 1.165) is 0 Å². The molecule has 0 atom stereocenters. The number of nitrogens with zero attached hydrogens (tertiary/aromatic N) is 2. The number of aromatic nitrogens is 1. The summed E-state index contributed by atoms with van der Waals surface area (Å²) >= 11 is 5.01. The Balaban J connectivity index is 2.81. The van der Waals surface area contributed by atoms with Crippen molar-refractivity contribution in [3.63, 3.8) is 0 Å². The summed E-state index contributed by atoms with van der Waals surface area (Å²) in [4.78, 5) is 3.96. The molecule has 0 radical (unpaired) electrons. The van der Waals surface area contributed by atoms with Crippen LogP contribution >= 0.6 is 12.2 Å². The molecule has 0 saturated heterocycles. The van der Waals surface area contributed by atoms with Crippen molar-refractivity contribution in [2.45, 2.75) is 33.4 Å². The zero-order chi connectivity index (χ0) is 14.4. The van der Waals surface area contributed by atoms with Gasteiger partial charge in [-0.25, -0.2) is 0 Å². The first-order chi connectivity index (χ1) is 8.95. The lowest BCUT2D eigenvalue weighted by Gasteiger charge is -2.10. The Morgan fingerprint density at radius 1 is 1.58 bits per heavy atom. The van der Waals surface area contributed by atoms with E-state index in [9.17, 15) is 10.2 Å². The van der Waals surface area contributed by atoms with Crippen molar-refractivity contribution in [3.8, 4) is 5.75 Å². The lowest BCUT2D eigenvalue weighted by molar-refractivity contribution is 0.280.